The lowest BCUT2D eigenvalue weighted by Gasteiger charge is -2.00. The fourth-order valence-electron chi connectivity index (χ4n) is 2.39. The summed E-state index contributed by atoms with van der Waals surface area (Å²) in [5.74, 6) is 0.0115. The van der Waals surface area contributed by atoms with Gasteiger partial charge >= 0.3 is 5.97 Å². The van der Waals surface area contributed by atoms with Gasteiger partial charge in [0.25, 0.3) is 0 Å². The molecule has 3 rings (SSSR count). The average molecular weight is 298 g/mol. The monoisotopic (exact) mass is 298 g/mol. The van der Waals surface area contributed by atoms with Gasteiger partial charge in [0.1, 0.15) is 11.3 Å². The number of rotatable bonds is 4. The molecule has 0 atom stereocenters. The van der Waals surface area contributed by atoms with E-state index in [1.54, 1.807) is 17.8 Å². The Morgan fingerprint density at radius 1 is 1.19 bits per heavy atom. The number of hydrogen-bond acceptors (Lipinski definition) is 3. The van der Waals surface area contributed by atoms with Gasteiger partial charge in [0.15, 0.2) is 0 Å². The second-order valence-corrected chi connectivity index (χ2v) is 5.55. The molecule has 3 aromatic rings. The van der Waals surface area contributed by atoms with Gasteiger partial charge in [0, 0.05) is 10.9 Å². The molecule has 0 radical (unpaired) electrons. The number of carboxylic acids is 1. The summed E-state index contributed by atoms with van der Waals surface area (Å²) >= 11 is 1.61. The van der Waals surface area contributed by atoms with Crippen LogP contribution in [0.5, 0.6) is 0 Å². The van der Waals surface area contributed by atoms with Crippen LogP contribution < -0.4 is 0 Å². The van der Waals surface area contributed by atoms with E-state index in [1.807, 2.05) is 48.7 Å². The van der Waals surface area contributed by atoms with Crippen LogP contribution in [0.4, 0.5) is 0 Å². The standard InChI is InChI=1S/C17H14O3S/c1-21-17-13-9-11(10-15(18)19)7-8-14(13)20-16(17)12-5-3-2-4-6-12/h2-9H,10H2,1H3,(H,18,19). The largest absolute Gasteiger partial charge is 0.481 e. The van der Waals surface area contributed by atoms with E-state index in [-0.39, 0.29) is 6.42 Å². The Hall–Kier alpha value is -2.20. The second kappa shape index (κ2) is 5.66. The van der Waals surface area contributed by atoms with Crippen LogP contribution in [0.2, 0.25) is 0 Å². The zero-order chi connectivity index (χ0) is 14.8. The highest BCUT2D eigenvalue weighted by molar-refractivity contribution is 7.99. The molecule has 4 heteroatoms. The topological polar surface area (TPSA) is 50.4 Å². The Balaban J connectivity index is 2.17. The summed E-state index contributed by atoms with van der Waals surface area (Å²) in [6.07, 6.45) is 2.02. The summed E-state index contributed by atoms with van der Waals surface area (Å²) in [5, 5.41) is 9.89. The predicted molar refractivity (Wildman–Crippen MR) is 84.8 cm³/mol. The molecule has 0 aliphatic heterocycles. The average Bonchev–Trinajstić information content (AvgIpc) is 2.85. The maximum Gasteiger partial charge on any atom is 0.307 e. The zero-order valence-corrected chi connectivity index (χ0v) is 12.3. The van der Waals surface area contributed by atoms with E-state index in [1.165, 1.54) is 0 Å². The quantitative estimate of drug-likeness (QED) is 0.723. The number of thioether (sulfide) groups is 1. The first-order chi connectivity index (χ1) is 10.2. The van der Waals surface area contributed by atoms with Gasteiger partial charge in [0.2, 0.25) is 0 Å². The Morgan fingerprint density at radius 3 is 2.62 bits per heavy atom. The highest BCUT2D eigenvalue weighted by Crippen LogP contribution is 2.39. The third-order valence-electron chi connectivity index (χ3n) is 3.30. The number of aliphatic carboxylic acids is 1. The number of benzene rings is 2. The highest BCUT2D eigenvalue weighted by atomic mass is 32.2. The molecule has 0 spiro atoms. The lowest BCUT2D eigenvalue weighted by molar-refractivity contribution is -0.136. The molecule has 0 saturated carbocycles. The van der Waals surface area contributed by atoms with Gasteiger partial charge in [-0.3, -0.25) is 4.79 Å². The van der Waals surface area contributed by atoms with Crippen LogP contribution >= 0.6 is 11.8 Å². The molecule has 0 aliphatic carbocycles. The first kappa shape index (κ1) is 13.8. The van der Waals surface area contributed by atoms with Gasteiger partial charge in [-0.15, -0.1) is 11.8 Å². The molecule has 0 saturated heterocycles. The van der Waals surface area contributed by atoms with Gasteiger partial charge in [0.05, 0.1) is 11.3 Å². The van der Waals surface area contributed by atoms with E-state index in [4.69, 9.17) is 9.52 Å². The summed E-state index contributed by atoms with van der Waals surface area (Å²) in [7, 11) is 0. The van der Waals surface area contributed by atoms with Crippen molar-refractivity contribution in [2.24, 2.45) is 0 Å². The number of hydrogen-bond donors (Lipinski definition) is 1. The van der Waals surface area contributed by atoms with E-state index in [9.17, 15) is 4.79 Å². The van der Waals surface area contributed by atoms with Crippen LogP contribution in [0.15, 0.2) is 57.8 Å². The lowest BCUT2D eigenvalue weighted by atomic mass is 10.1. The molecule has 1 heterocycles. The van der Waals surface area contributed by atoms with E-state index in [2.05, 4.69) is 0 Å². The molecule has 1 aromatic heterocycles. The van der Waals surface area contributed by atoms with E-state index in [0.29, 0.717) is 0 Å². The Kier molecular flexibility index (Phi) is 3.71. The summed E-state index contributed by atoms with van der Waals surface area (Å²) in [6, 6.07) is 15.5. The number of carbonyl (C=O) groups is 1. The molecule has 106 valence electrons. The van der Waals surface area contributed by atoms with Crippen molar-refractivity contribution in [3.05, 3.63) is 54.1 Å². The normalized spacial score (nSPS) is 10.9. The van der Waals surface area contributed by atoms with E-state index in [0.717, 1.165) is 32.8 Å². The van der Waals surface area contributed by atoms with Crippen LogP contribution in [-0.4, -0.2) is 17.3 Å². The van der Waals surface area contributed by atoms with Gasteiger partial charge < -0.3 is 9.52 Å². The lowest BCUT2D eigenvalue weighted by Crippen LogP contribution is -1.99. The molecule has 0 aliphatic rings. The van der Waals surface area contributed by atoms with Crippen LogP contribution in [0.3, 0.4) is 0 Å². The van der Waals surface area contributed by atoms with E-state index < -0.39 is 5.97 Å². The van der Waals surface area contributed by atoms with Gasteiger partial charge in [-0.05, 0) is 24.0 Å². The first-order valence-electron chi connectivity index (χ1n) is 6.55. The molecule has 1 N–H and O–H groups in total. The van der Waals surface area contributed by atoms with Crippen molar-refractivity contribution in [3.8, 4) is 11.3 Å². The number of furan rings is 1. The SMILES string of the molecule is CSc1c(-c2ccccc2)oc2ccc(CC(=O)O)cc12. The van der Waals surface area contributed by atoms with Crippen LogP contribution in [0.25, 0.3) is 22.3 Å². The smallest absolute Gasteiger partial charge is 0.307 e. The van der Waals surface area contributed by atoms with Gasteiger partial charge in [-0.25, -0.2) is 0 Å². The van der Waals surface area contributed by atoms with Crippen molar-refractivity contribution in [1.29, 1.82) is 0 Å². The summed E-state index contributed by atoms with van der Waals surface area (Å²) in [4.78, 5) is 11.9. The molecule has 2 aromatic carbocycles. The van der Waals surface area contributed by atoms with Crippen LogP contribution in [0.1, 0.15) is 5.56 Å². The molecule has 3 nitrogen and oxygen atoms in total. The Bertz CT molecular complexity index is 790. The second-order valence-electron chi connectivity index (χ2n) is 4.73. The minimum atomic E-state index is -0.827. The molecule has 0 fully saturated rings. The number of carboxylic acid groups (broad SMARTS) is 1. The fourth-order valence-corrected chi connectivity index (χ4v) is 3.11. The molecule has 21 heavy (non-hydrogen) atoms. The van der Waals surface area contributed by atoms with Crippen molar-refractivity contribution < 1.29 is 14.3 Å². The Labute approximate surface area is 126 Å². The van der Waals surface area contributed by atoms with Crippen molar-refractivity contribution in [3.63, 3.8) is 0 Å². The summed E-state index contributed by atoms with van der Waals surface area (Å²) in [5.41, 5.74) is 2.59. The molecular weight excluding hydrogens is 284 g/mol. The van der Waals surface area contributed by atoms with Crippen LogP contribution in [0, 0.1) is 0 Å². The molecule has 0 bridgehead atoms. The fraction of sp³-hybridized carbons (Fsp3) is 0.118. The van der Waals surface area contributed by atoms with Crippen molar-refractivity contribution >= 4 is 28.7 Å². The number of fused-ring (bicyclic) bond motifs is 1. The minimum Gasteiger partial charge on any atom is -0.481 e. The third kappa shape index (κ3) is 2.67. The first-order valence-corrected chi connectivity index (χ1v) is 7.78. The Morgan fingerprint density at radius 2 is 1.95 bits per heavy atom. The van der Waals surface area contributed by atoms with Crippen LogP contribution in [-0.2, 0) is 11.2 Å². The van der Waals surface area contributed by atoms with E-state index >= 15 is 0 Å². The summed E-state index contributed by atoms with van der Waals surface area (Å²) in [6.45, 7) is 0. The maximum absolute atomic E-state index is 10.9. The molecule has 0 unspecified atom stereocenters. The van der Waals surface area contributed by atoms with Crippen molar-refractivity contribution in [1.82, 2.24) is 0 Å². The summed E-state index contributed by atoms with van der Waals surface area (Å²) < 4.78 is 5.97. The highest BCUT2D eigenvalue weighted by Gasteiger charge is 2.16. The van der Waals surface area contributed by atoms with Gasteiger partial charge in [-0.1, -0.05) is 36.4 Å². The molecular formula is C17H14O3S. The van der Waals surface area contributed by atoms with Crippen molar-refractivity contribution in [2.45, 2.75) is 11.3 Å². The molecule has 0 amide bonds. The van der Waals surface area contributed by atoms with Gasteiger partial charge in [-0.2, -0.15) is 0 Å². The third-order valence-corrected chi connectivity index (χ3v) is 4.12. The zero-order valence-electron chi connectivity index (χ0n) is 11.5. The predicted octanol–water partition coefficient (Wildman–Crippen LogP) is 4.45. The van der Waals surface area contributed by atoms with Crippen molar-refractivity contribution in [2.75, 3.05) is 6.26 Å². The maximum atomic E-state index is 10.9. The minimum absolute atomic E-state index is 0.0234.